The molecule has 7 nitrogen and oxygen atoms in total. The number of hydrogen-bond acceptors (Lipinski definition) is 6. The minimum absolute atomic E-state index is 0.0726. The molecule has 32 heavy (non-hydrogen) atoms. The summed E-state index contributed by atoms with van der Waals surface area (Å²) in [5.74, 6) is -1.27. The molecule has 1 aromatic carbocycles. The van der Waals surface area contributed by atoms with E-state index in [0.29, 0.717) is 11.3 Å². The molecule has 172 valence electrons. The monoisotopic (exact) mass is 458 g/mol. The van der Waals surface area contributed by atoms with Gasteiger partial charge in [0.15, 0.2) is 0 Å². The second-order valence-electron chi connectivity index (χ2n) is 9.03. The van der Waals surface area contributed by atoms with E-state index in [1.54, 1.807) is 33.8 Å². The van der Waals surface area contributed by atoms with Crippen LogP contribution in [0.5, 0.6) is 0 Å². The quantitative estimate of drug-likeness (QED) is 0.370. The Balaban J connectivity index is 1.82. The summed E-state index contributed by atoms with van der Waals surface area (Å²) in [6, 6.07) is 8.54. The molecule has 0 spiro atoms. The lowest BCUT2D eigenvalue weighted by Crippen LogP contribution is -2.71. The predicted molar refractivity (Wildman–Crippen MR) is 123 cm³/mol. The molecular formula is C24H30N2O5S. The van der Waals surface area contributed by atoms with Gasteiger partial charge in [0, 0.05) is 17.2 Å². The number of amides is 2. The standard InChI is InChI=1S/C24H30N2O5S/c1-6-14(2)20(28)16-13-32-22-18(25-17(27)12-15-10-8-7-9-11-15)21(29)26(22)19(16)23(30)31-24(3,4)5/h6-11,14,18,20,22,28H,1,12-13H2,2-5H3,(H,25,27)/t14-,18+,20+,22+/m0/s1. The molecule has 2 heterocycles. The largest absolute Gasteiger partial charge is 0.455 e. The van der Waals surface area contributed by atoms with Crippen LogP contribution >= 0.6 is 11.8 Å². The van der Waals surface area contributed by atoms with E-state index in [0.717, 1.165) is 5.56 Å². The number of thioether (sulfide) groups is 1. The summed E-state index contributed by atoms with van der Waals surface area (Å²) in [6.45, 7) is 10.7. The molecular weight excluding hydrogens is 428 g/mol. The van der Waals surface area contributed by atoms with Crippen LogP contribution in [0.1, 0.15) is 33.3 Å². The van der Waals surface area contributed by atoms with E-state index in [4.69, 9.17) is 4.74 Å². The van der Waals surface area contributed by atoms with Gasteiger partial charge in [0.1, 0.15) is 22.7 Å². The lowest BCUT2D eigenvalue weighted by Gasteiger charge is -2.50. The van der Waals surface area contributed by atoms with Gasteiger partial charge in [-0.05, 0) is 26.3 Å². The first-order valence-corrected chi connectivity index (χ1v) is 11.6. The molecule has 8 heteroatoms. The predicted octanol–water partition coefficient (Wildman–Crippen LogP) is 2.41. The lowest BCUT2D eigenvalue weighted by molar-refractivity contribution is -0.159. The molecule has 1 saturated heterocycles. The van der Waals surface area contributed by atoms with Gasteiger partial charge in [0.2, 0.25) is 5.91 Å². The number of fused-ring (bicyclic) bond motifs is 1. The van der Waals surface area contributed by atoms with Crippen molar-refractivity contribution in [3.05, 3.63) is 59.8 Å². The van der Waals surface area contributed by atoms with Gasteiger partial charge in [-0.3, -0.25) is 14.5 Å². The molecule has 0 aromatic heterocycles. The number of β-lactam (4-membered cyclic amide) rings is 1. The van der Waals surface area contributed by atoms with Crippen molar-refractivity contribution < 1.29 is 24.2 Å². The van der Waals surface area contributed by atoms with Gasteiger partial charge in [-0.25, -0.2) is 4.79 Å². The number of benzene rings is 1. The van der Waals surface area contributed by atoms with E-state index in [2.05, 4.69) is 11.9 Å². The topological polar surface area (TPSA) is 95.9 Å². The van der Waals surface area contributed by atoms with Crippen molar-refractivity contribution in [2.45, 2.75) is 57.2 Å². The minimum Gasteiger partial charge on any atom is -0.455 e. The van der Waals surface area contributed by atoms with Gasteiger partial charge in [0.05, 0.1) is 12.5 Å². The number of aliphatic hydroxyl groups excluding tert-OH is 1. The van der Waals surface area contributed by atoms with Crippen molar-refractivity contribution in [3.8, 4) is 0 Å². The molecule has 1 aromatic rings. The highest BCUT2D eigenvalue weighted by Crippen LogP contribution is 2.42. The highest BCUT2D eigenvalue weighted by atomic mass is 32.2. The van der Waals surface area contributed by atoms with E-state index < -0.39 is 29.1 Å². The van der Waals surface area contributed by atoms with Gasteiger partial charge < -0.3 is 15.2 Å². The number of carbonyl (C=O) groups is 3. The number of carbonyl (C=O) groups excluding carboxylic acids is 3. The Bertz CT molecular complexity index is 937. The van der Waals surface area contributed by atoms with Crippen molar-refractivity contribution in [3.63, 3.8) is 0 Å². The average molecular weight is 459 g/mol. The van der Waals surface area contributed by atoms with E-state index in [1.807, 2.05) is 30.3 Å². The molecule has 0 radical (unpaired) electrons. The summed E-state index contributed by atoms with van der Waals surface area (Å²) in [7, 11) is 0. The van der Waals surface area contributed by atoms with Crippen molar-refractivity contribution in [2.24, 2.45) is 5.92 Å². The Morgan fingerprint density at radius 1 is 1.34 bits per heavy atom. The van der Waals surface area contributed by atoms with Crippen LogP contribution in [0.15, 0.2) is 54.3 Å². The zero-order valence-corrected chi connectivity index (χ0v) is 19.6. The first-order chi connectivity index (χ1) is 15.0. The van der Waals surface area contributed by atoms with Crippen molar-refractivity contribution >= 4 is 29.5 Å². The highest BCUT2D eigenvalue weighted by molar-refractivity contribution is 8.00. The zero-order valence-electron chi connectivity index (χ0n) is 18.8. The van der Waals surface area contributed by atoms with E-state index >= 15 is 0 Å². The van der Waals surface area contributed by atoms with Crippen LogP contribution in [-0.2, 0) is 25.5 Å². The average Bonchev–Trinajstić information content (AvgIpc) is 2.74. The summed E-state index contributed by atoms with van der Waals surface area (Å²) in [6.07, 6.45) is 0.798. The summed E-state index contributed by atoms with van der Waals surface area (Å²) in [4.78, 5) is 39.9. The number of esters is 1. The van der Waals surface area contributed by atoms with E-state index in [9.17, 15) is 19.5 Å². The zero-order chi connectivity index (χ0) is 23.6. The second-order valence-corrected chi connectivity index (χ2v) is 10.1. The molecule has 2 aliphatic rings. The Labute approximate surface area is 192 Å². The number of nitrogens with zero attached hydrogens (tertiary/aromatic N) is 1. The van der Waals surface area contributed by atoms with Gasteiger partial charge in [-0.15, -0.1) is 18.3 Å². The Morgan fingerprint density at radius 3 is 2.59 bits per heavy atom. The minimum atomic E-state index is -0.969. The van der Waals surface area contributed by atoms with Crippen LogP contribution in [0.25, 0.3) is 0 Å². The third kappa shape index (κ3) is 5.07. The van der Waals surface area contributed by atoms with Crippen molar-refractivity contribution in [1.29, 1.82) is 0 Å². The van der Waals surface area contributed by atoms with Gasteiger partial charge >= 0.3 is 5.97 Å². The van der Waals surface area contributed by atoms with Crippen LogP contribution in [0.4, 0.5) is 0 Å². The number of aliphatic hydroxyl groups is 1. The first-order valence-electron chi connectivity index (χ1n) is 10.6. The van der Waals surface area contributed by atoms with Gasteiger partial charge in [0.25, 0.3) is 5.91 Å². The van der Waals surface area contributed by atoms with Crippen LogP contribution in [0.3, 0.4) is 0 Å². The fourth-order valence-electron chi connectivity index (χ4n) is 3.64. The third-order valence-electron chi connectivity index (χ3n) is 5.34. The Morgan fingerprint density at radius 2 is 2.00 bits per heavy atom. The maximum absolute atomic E-state index is 13.0. The second kappa shape index (κ2) is 9.50. The lowest BCUT2D eigenvalue weighted by atomic mass is 9.94. The molecule has 3 rings (SSSR count). The summed E-state index contributed by atoms with van der Waals surface area (Å²) >= 11 is 1.41. The Hall–Kier alpha value is -2.58. The molecule has 2 amide bonds. The normalized spacial score (nSPS) is 22.4. The van der Waals surface area contributed by atoms with Gasteiger partial charge in [-0.2, -0.15) is 0 Å². The summed E-state index contributed by atoms with van der Waals surface area (Å²) < 4.78 is 5.54. The summed E-state index contributed by atoms with van der Waals surface area (Å²) in [5.41, 5.74) is 0.600. The molecule has 0 unspecified atom stereocenters. The SMILES string of the molecule is C=C[C@H](C)[C@@H](O)C1=C(C(=O)OC(C)(C)C)N2C(=O)[C@@H](NC(=O)Cc3ccccc3)[C@H]2SC1. The molecule has 0 saturated carbocycles. The third-order valence-corrected chi connectivity index (χ3v) is 6.64. The molecule has 0 aliphatic carbocycles. The first kappa shape index (κ1) is 24.1. The highest BCUT2D eigenvalue weighted by Gasteiger charge is 2.55. The fraction of sp³-hybridized carbons (Fsp3) is 0.458. The summed E-state index contributed by atoms with van der Waals surface area (Å²) in [5, 5.41) is 13.2. The number of ether oxygens (including phenoxy) is 1. The number of rotatable bonds is 7. The van der Waals surface area contributed by atoms with Crippen molar-refractivity contribution in [1.82, 2.24) is 10.2 Å². The van der Waals surface area contributed by atoms with Crippen LogP contribution in [-0.4, -0.2) is 56.7 Å². The van der Waals surface area contributed by atoms with Crippen LogP contribution < -0.4 is 5.32 Å². The molecule has 4 atom stereocenters. The van der Waals surface area contributed by atoms with E-state index in [1.165, 1.54) is 16.7 Å². The molecule has 2 aliphatic heterocycles. The van der Waals surface area contributed by atoms with Gasteiger partial charge in [-0.1, -0.05) is 43.3 Å². The van der Waals surface area contributed by atoms with Crippen LogP contribution in [0, 0.1) is 5.92 Å². The molecule has 1 fully saturated rings. The smallest absolute Gasteiger partial charge is 0.355 e. The number of hydrogen-bond donors (Lipinski definition) is 2. The van der Waals surface area contributed by atoms with E-state index in [-0.39, 0.29) is 29.9 Å². The maximum Gasteiger partial charge on any atom is 0.355 e. The Kier molecular flexibility index (Phi) is 7.15. The van der Waals surface area contributed by atoms with Crippen LogP contribution in [0.2, 0.25) is 0 Å². The fourth-order valence-corrected chi connectivity index (χ4v) is 5.03. The molecule has 0 bridgehead atoms. The van der Waals surface area contributed by atoms with Crippen molar-refractivity contribution in [2.75, 3.05) is 5.75 Å². The molecule has 2 N–H and O–H groups in total. The maximum atomic E-state index is 13.0. The number of nitrogens with one attached hydrogen (secondary N) is 1.